The molecule has 4 aliphatic rings. The van der Waals surface area contributed by atoms with E-state index in [4.69, 9.17) is 14.2 Å². The van der Waals surface area contributed by atoms with E-state index in [1.54, 1.807) is 13.8 Å². The van der Waals surface area contributed by atoms with Crippen molar-refractivity contribution in [3.05, 3.63) is 51.6 Å². The minimum absolute atomic E-state index is 0. The van der Waals surface area contributed by atoms with Gasteiger partial charge < -0.3 is 44.8 Å². The molecule has 2 fully saturated rings. The van der Waals surface area contributed by atoms with Gasteiger partial charge in [0.1, 0.15) is 23.4 Å². The summed E-state index contributed by atoms with van der Waals surface area (Å²) in [6.07, 6.45) is -5.23. The monoisotopic (exact) mass is 621 g/mol. The first kappa shape index (κ1) is 31.6. The number of morpholine rings is 1. The summed E-state index contributed by atoms with van der Waals surface area (Å²) in [5.74, 6) is -3.61. The predicted molar refractivity (Wildman–Crippen MR) is 152 cm³/mol. The Hall–Kier alpha value is -2.81. The molecule has 234 valence electrons. The lowest BCUT2D eigenvalue weighted by atomic mass is 9.70. The van der Waals surface area contributed by atoms with Crippen LogP contribution in [-0.2, 0) is 14.2 Å². The van der Waals surface area contributed by atoms with Gasteiger partial charge in [-0.25, -0.2) is 0 Å². The Morgan fingerprint density at radius 2 is 1.65 bits per heavy atom. The van der Waals surface area contributed by atoms with Crippen molar-refractivity contribution < 1.29 is 54.4 Å². The van der Waals surface area contributed by atoms with E-state index in [1.807, 2.05) is 0 Å². The highest BCUT2D eigenvalue weighted by atomic mass is 35.5. The zero-order valence-electron chi connectivity index (χ0n) is 23.7. The maximum atomic E-state index is 13.6. The fraction of sp³-hybridized carbons (Fsp3) is 0.533. The number of benzene rings is 2. The van der Waals surface area contributed by atoms with Gasteiger partial charge in [-0.05, 0) is 19.4 Å². The molecule has 0 amide bonds. The SMILES string of the molecule is CC[C@@]1(O)C[C@@H](O[C@@H]2C[C@@H](N3CCOCC3)[C@@H](O)[C@@H](C)O2)c2c(O)c3c(c(O)c2[C@@H]1O)C(=O)c1cccc(O)c1C3=O.Cl. The third-order valence-electron chi connectivity index (χ3n) is 9.25. The zero-order chi connectivity index (χ0) is 30.1. The number of aliphatic hydroxyl groups excluding tert-OH is 2. The number of ether oxygens (including phenoxy) is 3. The average Bonchev–Trinajstić information content (AvgIpc) is 2.97. The molecular weight excluding hydrogens is 586 g/mol. The van der Waals surface area contributed by atoms with Crippen LogP contribution in [0.5, 0.6) is 17.2 Å². The van der Waals surface area contributed by atoms with Gasteiger partial charge in [-0.2, -0.15) is 0 Å². The molecule has 0 saturated carbocycles. The van der Waals surface area contributed by atoms with Gasteiger partial charge in [0, 0.05) is 48.7 Å². The van der Waals surface area contributed by atoms with E-state index < -0.39 is 76.2 Å². The molecule has 12 nitrogen and oxygen atoms in total. The van der Waals surface area contributed by atoms with Crippen LogP contribution in [0.25, 0.3) is 0 Å². The molecule has 43 heavy (non-hydrogen) atoms. The van der Waals surface area contributed by atoms with Crippen molar-refractivity contribution in [2.24, 2.45) is 0 Å². The van der Waals surface area contributed by atoms with E-state index in [9.17, 15) is 40.2 Å². The minimum atomic E-state index is -1.82. The Balaban J connectivity index is 0.00000368. The number of hydrogen-bond acceptors (Lipinski definition) is 12. The Morgan fingerprint density at radius 1 is 1.00 bits per heavy atom. The number of phenolic OH excluding ortho intramolecular Hbond substituents is 3. The van der Waals surface area contributed by atoms with Crippen molar-refractivity contribution in [2.75, 3.05) is 26.3 Å². The molecule has 2 aliphatic heterocycles. The van der Waals surface area contributed by atoms with Crippen molar-refractivity contribution >= 4 is 24.0 Å². The number of carbonyl (C=O) groups is 2. The van der Waals surface area contributed by atoms with Crippen LogP contribution in [0.4, 0.5) is 0 Å². The second kappa shape index (κ2) is 11.6. The summed E-state index contributed by atoms with van der Waals surface area (Å²) in [6.45, 7) is 5.61. The number of aliphatic hydroxyl groups is 3. The number of fused-ring (bicyclic) bond motifs is 3. The highest BCUT2D eigenvalue weighted by molar-refractivity contribution is 6.31. The Morgan fingerprint density at radius 3 is 2.33 bits per heavy atom. The van der Waals surface area contributed by atoms with E-state index in [1.165, 1.54) is 18.2 Å². The number of rotatable bonds is 4. The van der Waals surface area contributed by atoms with Gasteiger partial charge in [0.05, 0.1) is 53.8 Å². The first-order chi connectivity index (χ1) is 20.0. The topological polar surface area (TPSA) is 186 Å². The number of halogens is 1. The van der Waals surface area contributed by atoms with Crippen molar-refractivity contribution in [1.82, 2.24) is 4.90 Å². The Bertz CT molecular complexity index is 1440. The molecule has 6 N–H and O–H groups in total. The van der Waals surface area contributed by atoms with Gasteiger partial charge in [0.2, 0.25) is 5.78 Å². The Kier molecular flexibility index (Phi) is 8.53. The molecule has 0 radical (unpaired) electrons. The Labute approximate surface area is 253 Å². The van der Waals surface area contributed by atoms with Gasteiger partial charge in [-0.3, -0.25) is 14.5 Å². The molecule has 0 unspecified atom stereocenters. The predicted octanol–water partition coefficient (Wildman–Crippen LogP) is 1.83. The van der Waals surface area contributed by atoms with Gasteiger partial charge in [0.25, 0.3) is 0 Å². The van der Waals surface area contributed by atoms with Gasteiger partial charge in [-0.15, -0.1) is 12.4 Å². The maximum absolute atomic E-state index is 13.6. The van der Waals surface area contributed by atoms with E-state index in [2.05, 4.69) is 4.90 Å². The van der Waals surface area contributed by atoms with Crippen molar-refractivity contribution in [2.45, 2.75) is 75.5 Å². The van der Waals surface area contributed by atoms with Gasteiger partial charge >= 0.3 is 0 Å². The molecule has 2 aromatic carbocycles. The van der Waals surface area contributed by atoms with E-state index >= 15 is 0 Å². The largest absolute Gasteiger partial charge is 0.507 e. The standard InChI is InChI=1S/C30H35NO11.ClH/c1-3-30(39)12-17(42-18-11-15(24(33)13(2)41-18)31-7-9-40-10-8-31)20-23(29(30)38)28(37)21-22(27(20)36)26(35)19-14(25(21)34)5-4-6-16(19)32;/h4-6,13,15,17-18,24,29,32-33,36-39H,3,7-12H2,1-2H3;1H/t13-,15-,17-,18-,24+,29+,30-;/m1./s1. The molecule has 0 aromatic heterocycles. The number of ketones is 2. The number of carbonyl (C=O) groups excluding carboxylic acids is 2. The maximum Gasteiger partial charge on any atom is 0.202 e. The number of hydrogen-bond donors (Lipinski definition) is 6. The first-order valence-corrected chi connectivity index (χ1v) is 14.2. The van der Waals surface area contributed by atoms with Crippen LogP contribution in [0.15, 0.2) is 18.2 Å². The van der Waals surface area contributed by atoms with Crippen molar-refractivity contribution in [3.63, 3.8) is 0 Å². The third kappa shape index (κ3) is 4.90. The lowest BCUT2D eigenvalue weighted by molar-refractivity contribution is -0.264. The van der Waals surface area contributed by atoms with Crippen LogP contribution in [0.2, 0.25) is 0 Å². The van der Waals surface area contributed by atoms with Crippen molar-refractivity contribution in [1.29, 1.82) is 0 Å². The molecule has 0 spiro atoms. The number of nitrogens with zero attached hydrogens (tertiary/aromatic N) is 1. The lowest BCUT2D eigenvalue weighted by Crippen LogP contribution is -2.58. The molecular formula is C30H36ClNO11. The summed E-state index contributed by atoms with van der Waals surface area (Å²) < 4.78 is 17.8. The molecule has 0 bridgehead atoms. The molecule has 2 aromatic rings. The molecule has 13 heteroatoms. The van der Waals surface area contributed by atoms with E-state index in [0.29, 0.717) is 26.3 Å². The van der Waals surface area contributed by atoms with Gasteiger partial charge in [0.15, 0.2) is 12.1 Å². The van der Waals surface area contributed by atoms with E-state index in [-0.39, 0.29) is 60.0 Å². The average molecular weight is 622 g/mol. The summed E-state index contributed by atoms with van der Waals surface area (Å²) in [4.78, 5) is 29.2. The third-order valence-corrected chi connectivity index (χ3v) is 9.25. The summed E-state index contributed by atoms with van der Waals surface area (Å²) in [5, 5.41) is 67.1. The zero-order valence-corrected chi connectivity index (χ0v) is 24.5. The minimum Gasteiger partial charge on any atom is -0.507 e. The molecule has 2 aliphatic carbocycles. The summed E-state index contributed by atoms with van der Waals surface area (Å²) in [6, 6.07) is 3.60. The van der Waals surface area contributed by atoms with E-state index in [0.717, 1.165) is 0 Å². The molecule has 6 rings (SSSR count). The summed E-state index contributed by atoms with van der Waals surface area (Å²) in [7, 11) is 0. The van der Waals surface area contributed by atoms with Crippen LogP contribution in [0.3, 0.4) is 0 Å². The van der Waals surface area contributed by atoms with Crippen LogP contribution < -0.4 is 0 Å². The first-order valence-electron chi connectivity index (χ1n) is 14.2. The number of phenols is 3. The molecule has 7 atom stereocenters. The van der Waals surface area contributed by atoms with Crippen LogP contribution in [0.1, 0.15) is 88.3 Å². The highest BCUT2D eigenvalue weighted by Gasteiger charge is 2.52. The van der Waals surface area contributed by atoms with Crippen molar-refractivity contribution in [3.8, 4) is 17.2 Å². The second-order valence-electron chi connectivity index (χ2n) is 11.5. The lowest BCUT2D eigenvalue weighted by Gasteiger charge is -2.47. The summed E-state index contributed by atoms with van der Waals surface area (Å²) >= 11 is 0. The summed E-state index contributed by atoms with van der Waals surface area (Å²) in [5.41, 5.74) is -3.80. The van der Waals surface area contributed by atoms with Crippen LogP contribution >= 0.6 is 12.4 Å². The molecule has 2 heterocycles. The number of aromatic hydroxyl groups is 3. The fourth-order valence-electron chi connectivity index (χ4n) is 6.86. The van der Waals surface area contributed by atoms with Gasteiger partial charge in [-0.1, -0.05) is 19.1 Å². The van der Waals surface area contributed by atoms with Crippen LogP contribution in [0, 0.1) is 0 Å². The molecule has 2 saturated heterocycles. The van der Waals surface area contributed by atoms with Crippen LogP contribution in [-0.4, -0.2) is 104 Å². The normalized spacial score (nSPS) is 32.4. The quantitative estimate of drug-likeness (QED) is 0.232. The fourth-order valence-corrected chi connectivity index (χ4v) is 6.86. The smallest absolute Gasteiger partial charge is 0.202 e. The second-order valence-corrected chi connectivity index (χ2v) is 11.5. The highest BCUT2D eigenvalue weighted by Crippen LogP contribution is 2.56.